The van der Waals surface area contributed by atoms with Gasteiger partial charge < -0.3 is 9.42 Å². The minimum absolute atomic E-state index is 0.0515. The van der Waals surface area contributed by atoms with Crippen molar-refractivity contribution in [2.24, 2.45) is 0 Å². The summed E-state index contributed by atoms with van der Waals surface area (Å²) in [5.74, 6) is 0.0515. The van der Waals surface area contributed by atoms with E-state index >= 15 is 0 Å². The van der Waals surface area contributed by atoms with Crippen molar-refractivity contribution in [3.8, 4) is 0 Å². The van der Waals surface area contributed by atoms with Crippen molar-refractivity contribution < 1.29 is 9.32 Å². The molecular weight excluding hydrogens is 314 g/mol. The Morgan fingerprint density at radius 1 is 1.28 bits per heavy atom. The molecular formula is C20H21N3O2. The smallest absolute Gasteiger partial charge is 0.257 e. The summed E-state index contributed by atoms with van der Waals surface area (Å²) in [7, 11) is 0. The molecule has 1 unspecified atom stereocenters. The zero-order valence-corrected chi connectivity index (χ0v) is 14.3. The number of carbonyl (C=O) groups excluding carboxylic acids is 1. The summed E-state index contributed by atoms with van der Waals surface area (Å²) in [5.41, 5.74) is 3.12. The molecule has 0 bridgehead atoms. The van der Waals surface area contributed by atoms with Gasteiger partial charge in [-0.05, 0) is 44.2 Å². The van der Waals surface area contributed by atoms with Crippen LogP contribution in [0.15, 0.2) is 47.1 Å². The molecule has 1 fully saturated rings. The molecule has 1 saturated heterocycles. The van der Waals surface area contributed by atoms with Gasteiger partial charge in [-0.15, -0.1) is 0 Å². The summed E-state index contributed by atoms with van der Waals surface area (Å²) in [6.45, 7) is 2.66. The van der Waals surface area contributed by atoms with Crippen molar-refractivity contribution in [1.82, 2.24) is 15.0 Å². The van der Waals surface area contributed by atoms with Gasteiger partial charge in [0.1, 0.15) is 0 Å². The summed E-state index contributed by atoms with van der Waals surface area (Å²) >= 11 is 0. The Bertz CT molecular complexity index is 888. The van der Waals surface area contributed by atoms with Crippen LogP contribution in [-0.2, 0) is 6.42 Å². The number of nitrogens with zero attached hydrogens (tertiary/aromatic N) is 3. The molecule has 2 aromatic heterocycles. The minimum atomic E-state index is 0.0515. The second-order valence-electron chi connectivity index (χ2n) is 6.68. The van der Waals surface area contributed by atoms with Crippen LogP contribution in [0.3, 0.4) is 0 Å². The molecule has 4 rings (SSSR count). The Balaban J connectivity index is 1.60. The van der Waals surface area contributed by atoms with Crippen LogP contribution >= 0.6 is 0 Å². The van der Waals surface area contributed by atoms with E-state index in [2.05, 4.69) is 34.4 Å². The number of likely N-dealkylation sites (tertiary alicyclic amines) is 1. The van der Waals surface area contributed by atoms with Gasteiger partial charge in [0.05, 0.1) is 16.6 Å². The first-order valence-electron chi connectivity index (χ1n) is 8.79. The van der Waals surface area contributed by atoms with Crippen LogP contribution in [0.2, 0.25) is 0 Å². The third-order valence-corrected chi connectivity index (χ3v) is 4.96. The number of amides is 1. The largest absolute Gasteiger partial charge is 0.336 e. The fourth-order valence-corrected chi connectivity index (χ4v) is 3.59. The van der Waals surface area contributed by atoms with E-state index in [1.807, 2.05) is 24.0 Å². The average Bonchev–Trinajstić information content (AvgIpc) is 3.03. The quantitative estimate of drug-likeness (QED) is 0.731. The Labute approximate surface area is 146 Å². The van der Waals surface area contributed by atoms with Crippen LogP contribution in [0.25, 0.3) is 11.1 Å². The lowest BCUT2D eigenvalue weighted by molar-refractivity contribution is 0.0613. The maximum Gasteiger partial charge on any atom is 0.257 e. The molecule has 1 aliphatic rings. The summed E-state index contributed by atoms with van der Waals surface area (Å²) < 4.78 is 5.14. The molecule has 5 heteroatoms. The van der Waals surface area contributed by atoms with Gasteiger partial charge in [-0.3, -0.25) is 4.79 Å². The molecule has 0 aliphatic carbocycles. The fraction of sp³-hybridized carbons (Fsp3) is 0.350. The molecule has 5 nitrogen and oxygen atoms in total. The van der Waals surface area contributed by atoms with E-state index in [1.165, 1.54) is 12.0 Å². The maximum absolute atomic E-state index is 13.1. The lowest BCUT2D eigenvalue weighted by Gasteiger charge is -2.36. The number of piperidine rings is 1. The minimum Gasteiger partial charge on any atom is -0.336 e. The van der Waals surface area contributed by atoms with E-state index in [-0.39, 0.29) is 11.9 Å². The summed E-state index contributed by atoms with van der Waals surface area (Å²) in [6.07, 6.45) is 5.77. The predicted octanol–water partition coefficient (Wildman–Crippen LogP) is 3.77. The number of pyridine rings is 1. The Kier molecular flexibility index (Phi) is 4.22. The molecule has 3 aromatic rings. The molecule has 3 heterocycles. The summed E-state index contributed by atoms with van der Waals surface area (Å²) in [5, 5.41) is 4.72. The van der Waals surface area contributed by atoms with E-state index < -0.39 is 0 Å². The summed E-state index contributed by atoms with van der Waals surface area (Å²) in [6, 6.07) is 12.5. The molecule has 0 spiro atoms. The molecule has 128 valence electrons. The average molecular weight is 335 g/mol. The Morgan fingerprint density at radius 2 is 2.12 bits per heavy atom. The van der Waals surface area contributed by atoms with E-state index in [1.54, 1.807) is 6.20 Å². The third-order valence-electron chi connectivity index (χ3n) is 4.96. The molecule has 1 atom stereocenters. The van der Waals surface area contributed by atoms with Crippen LogP contribution in [0.1, 0.15) is 40.9 Å². The van der Waals surface area contributed by atoms with Crippen molar-refractivity contribution in [3.05, 3.63) is 59.4 Å². The third kappa shape index (κ3) is 3.14. The molecule has 0 saturated carbocycles. The van der Waals surface area contributed by atoms with E-state index in [9.17, 15) is 4.79 Å². The second kappa shape index (κ2) is 6.67. The predicted molar refractivity (Wildman–Crippen MR) is 95.4 cm³/mol. The second-order valence-corrected chi connectivity index (χ2v) is 6.68. The van der Waals surface area contributed by atoms with Gasteiger partial charge in [-0.1, -0.05) is 35.5 Å². The van der Waals surface area contributed by atoms with Gasteiger partial charge in [0.2, 0.25) is 0 Å². The Morgan fingerprint density at radius 3 is 2.96 bits per heavy atom. The monoisotopic (exact) mass is 335 g/mol. The Hall–Kier alpha value is -2.69. The van der Waals surface area contributed by atoms with Crippen LogP contribution in [0.5, 0.6) is 0 Å². The van der Waals surface area contributed by atoms with Crippen LogP contribution < -0.4 is 0 Å². The van der Waals surface area contributed by atoms with E-state index in [4.69, 9.17) is 4.52 Å². The summed E-state index contributed by atoms with van der Waals surface area (Å²) in [4.78, 5) is 19.4. The van der Waals surface area contributed by atoms with Crippen LogP contribution in [-0.4, -0.2) is 33.5 Å². The highest BCUT2D eigenvalue weighted by Gasteiger charge is 2.28. The van der Waals surface area contributed by atoms with Crippen molar-refractivity contribution in [1.29, 1.82) is 0 Å². The number of hydrogen-bond donors (Lipinski definition) is 0. The van der Waals surface area contributed by atoms with E-state index in [0.29, 0.717) is 11.3 Å². The number of rotatable bonds is 3. The lowest BCUT2D eigenvalue weighted by Crippen LogP contribution is -2.44. The lowest BCUT2D eigenvalue weighted by atomic mass is 9.95. The standard InChI is InChI=1S/C20H21N3O2/c1-14-18-12-16(13-21-19(18)25-22-14)20(24)23-10-6-5-9-17(23)11-15-7-3-2-4-8-15/h2-4,7-8,12-13,17H,5-6,9-11H2,1H3. The highest BCUT2D eigenvalue weighted by Crippen LogP contribution is 2.24. The zero-order chi connectivity index (χ0) is 17.2. The van der Waals surface area contributed by atoms with Crippen molar-refractivity contribution >= 4 is 17.0 Å². The SMILES string of the molecule is Cc1noc2ncc(C(=O)N3CCCCC3Cc3ccccc3)cc12. The molecule has 0 radical (unpaired) electrons. The molecule has 25 heavy (non-hydrogen) atoms. The first kappa shape index (κ1) is 15.8. The molecule has 1 aliphatic heterocycles. The van der Waals surface area contributed by atoms with Gasteiger partial charge >= 0.3 is 0 Å². The zero-order valence-electron chi connectivity index (χ0n) is 14.3. The van der Waals surface area contributed by atoms with Gasteiger partial charge in [0.15, 0.2) is 0 Å². The highest BCUT2D eigenvalue weighted by molar-refractivity contribution is 5.97. The van der Waals surface area contributed by atoms with Gasteiger partial charge in [-0.25, -0.2) is 4.98 Å². The molecule has 0 N–H and O–H groups in total. The number of carbonyl (C=O) groups is 1. The number of aryl methyl sites for hydroxylation is 1. The van der Waals surface area contributed by atoms with Crippen molar-refractivity contribution in [2.75, 3.05) is 6.54 Å². The molecule has 1 aromatic carbocycles. The maximum atomic E-state index is 13.1. The number of benzene rings is 1. The fourth-order valence-electron chi connectivity index (χ4n) is 3.59. The van der Waals surface area contributed by atoms with Gasteiger partial charge in [-0.2, -0.15) is 0 Å². The number of aromatic nitrogens is 2. The normalized spacial score (nSPS) is 17.8. The van der Waals surface area contributed by atoms with E-state index in [0.717, 1.165) is 36.9 Å². The molecule has 1 amide bonds. The first-order valence-corrected chi connectivity index (χ1v) is 8.79. The van der Waals surface area contributed by atoms with Gasteiger partial charge in [0.25, 0.3) is 11.6 Å². The number of fused-ring (bicyclic) bond motifs is 1. The van der Waals surface area contributed by atoms with Crippen LogP contribution in [0.4, 0.5) is 0 Å². The topological polar surface area (TPSA) is 59.2 Å². The van der Waals surface area contributed by atoms with Crippen molar-refractivity contribution in [2.45, 2.75) is 38.6 Å². The van der Waals surface area contributed by atoms with Gasteiger partial charge in [0, 0.05) is 18.8 Å². The highest BCUT2D eigenvalue weighted by atomic mass is 16.5. The number of hydrogen-bond acceptors (Lipinski definition) is 4. The first-order chi connectivity index (χ1) is 12.2. The van der Waals surface area contributed by atoms with Crippen LogP contribution in [0, 0.1) is 6.92 Å². The van der Waals surface area contributed by atoms with Crippen molar-refractivity contribution in [3.63, 3.8) is 0 Å².